The molecule has 0 unspecified atom stereocenters. The van der Waals surface area contributed by atoms with E-state index in [1.165, 1.54) is 0 Å². The summed E-state index contributed by atoms with van der Waals surface area (Å²) in [7, 11) is 3.34. The molecule has 0 bridgehead atoms. The van der Waals surface area contributed by atoms with Gasteiger partial charge < -0.3 is 19.1 Å². The van der Waals surface area contributed by atoms with Crippen molar-refractivity contribution >= 4 is 0 Å². The highest BCUT2D eigenvalue weighted by atomic mass is 16.5. The Labute approximate surface area is 219 Å². The Morgan fingerprint density at radius 3 is 1.89 bits per heavy atom. The zero-order valence-corrected chi connectivity index (χ0v) is 22.2. The van der Waals surface area contributed by atoms with E-state index in [2.05, 4.69) is 41.2 Å². The summed E-state index contributed by atoms with van der Waals surface area (Å²) in [6, 6.07) is 24.1. The zero-order valence-electron chi connectivity index (χ0n) is 22.2. The number of aromatic nitrogens is 3. The Morgan fingerprint density at radius 2 is 1.30 bits per heavy atom. The third-order valence-electron chi connectivity index (χ3n) is 6.50. The second kappa shape index (κ2) is 12.9. The van der Waals surface area contributed by atoms with Crippen LogP contribution in [0.25, 0.3) is 22.5 Å². The summed E-state index contributed by atoms with van der Waals surface area (Å²) in [5.41, 5.74) is 4.90. The third kappa shape index (κ3) is 6.68. The fourth-order valence-electron chi connectivity index (χ4n) is 4.28. The standard InChI is InChI=1S/C30H36N4O3/c1-5-33(6-2)20-7-21-37-28-18-12-25(13-19-28)30-29(24-10-16-27(36-4)17-11-24)31-32-34(30)22-23-8-14-26(35-3)15-9-23/h8-19H,5-7,20-22H2,1-4H3. The number of rotatable bonds is 13. The first kappa shape index (κ1) is 26.2. The molecular formula is C30H36N4O3. The second-order valence-corrected chi connectivity index (χ2v) is 8.77. The second-order valence-electron chi connectivity index (χ2n) is 8.77. The van der Waals surface area contributed by atoms with Gasteiger partial charge in [-0.1, -0.05) is 31.2 Å². The molecule has 0 amide bonds. The van der Waals surface area contributed by atoms with Gasteiger partial charge in [-0.2, -0.15) is 0 Å². The molecule has 0 aliphatic heterocycles. The molecule has 0 aliphatic carbocycles. The predicted molar refractivity (Wildman–Crippen MR) is 147 cm³/mol. The van der Waals surface area contributed by atoms with Crippen LogP contribution in [0, 0.1) is 0 Å². The summed E-state index contributed by atoms with van der Waals surface area (Å²) in [4.78, 5) is 2.41. The maximum atomic E-state index is 6.02. The smallest absolute Gasteiger partial charge is 0.121 e. The normalized spacial score (nSPS) is 11.1. The number of hydrogen-bond acceptors (Lipinski definition) is 6. The molecule has 0 N–H and O–H groups in total. The van der Waals surface area contributed by atoms with E-state index in [0.29, 0.717) is 13.2 Å². The van der Waals surface area contributed by atoms with E-state index in [9.17, 15) is 0 Å². The lowest BCUT2D eigenvalue weighted by molar-refractivity contribution is 0.249. The van der Waals surface area contributed by atoms with Gasteiger partial charge in [-0.25, -0.2) is 4.68 Å². The SMILES string of the molecule is CCN(CC)CCCOc1ccc(-c2c(-c3ccc(OC)cc3)nnn2Cc2ccc(OC)cc2)cc1. The van der Waals surface area contributed by atoms with Crippen LogP contribution in [0.5, 0.6) is 17.2 Å². The van der Waals surface area contributed by atoms with Crippen molar-refractivity contribution in [1.82, 2.24) is 19.9 Å². The zero-order chi connectivity index (χ0) is 26.0. The van der Waals surface area contributed by atoms with Crippen LogP contribution in [0.4, 0.5) is 0 Å². The number of nitrogens with zero attached hydrogens (tertiary/aromatic N) is 4. The van der Waals surface area contributed by atoms with Crippen LogP contribution in [-0.2, 0) is 6.54 Å². The molecule has 0 saturated carbocycles. The Bertz CT molecular complexity index is 1230. The van der Waals surface area contributed by atoms with Crippen LogP contribution < -0.4 is 14.2 Å². The van der Waals surface area contributed by atoms with E-state index >= 15 is 0 Å². The minimum absolute atomic E-state index is 0.589. The molecule has 194 valence electrons. The van der Waals surface area contributed by atoms with Crippen LogP contribution in [-0.4, -0.2) is 60.4 Å². The summed E-state index contributed by atoms with van der Waals surface area (Å²) in [5, 5.41) is 9.11. The minimum atomic E-state index is 0.589. The highest BCUT2D eigenvalue weighted by Crippen LogP contribution is 2.33. The summed E-state index contributed by atoms with van der Waals surface area (Å²) >= 11 is 0. The van der Waals surface area contributed by atoms with Crippen molar-refractivity contribution in [3.05, 3.63) is 78.4 Å². The lowest BCUT2D eigenvalue weighted by atomic mass is 10.0. The van der Waals surface area contributed by atoms with Gasteiger partial charge in [-0.3, -0.25) is 0 Å². The van der Waals surface area contributed by atoms with E-state index in [1.807, 2.05) is 65.3 Å². The van der Waals surface area contributed by atoms with Crippen LogP contribution >= 0.6 is 0 Å². The van der Waals surface area contributed by atoms with E-state index in [-0.39, 0.29) is 0 Å². The summed E-state index contributed by atoms with van der Waals surface area (Å²) in [5.74, 6) is 2.50. The van der Waals surface area contributed by atoms with Crippen molar-refractivity contribution in [3.63, 3.8) is 0 Å². The molecule has 1 aromatic heterocycles. The van der Waals surface area contributed by atoms with Crippen LogP contribution in [0.3, 0.4) is 0 Å². The van der Waals surface area contributed by atoms with Gasteiger partial charge in [-0.15, -0.1) is 5.10 Å². The van der Waals surface area contributed by atoms with Gasteiger partial charge >= 0.3 is 0 Å². The van der Waals surface area contributed by atoms with Crippen molar-refractivity contribution in [2.45, 2.75) is 26.8 Å². The molecule has 4 rings (SSSR count). The highest BCUT2D eigenvalue weighted by Gasteiger charge is 2.17. The quantitative estimate of drug-likeness (QED) is 0.217. The largest absolute Gasteiger partial charge is 0.497 e. The Balaban J connectivity index is 1.58. The number of methoxy groups -OCH3 is 2. The first-order valence-electron chi connectivity index (χ1n) is 12.8. The molecule has 4 aromatic rings. The summed E-state index contributed by atoms with van der Waals surface area (Å²) < 4.78 is 18.6. The van der Waals surface area contributed by atoms with Gasteiger partial charge in [0.15, 0.2) is 0 Å². The fourth-order valence-corrected chi connectivity index (χ4v) is 4.28. The van der Waals surface area contributed by atoms with Crippen molar-refractivity contribution in [2.75, 3.05) is 40.5 Å². The van der Waals surface area contributed by atoms with E-state index in [1.54, 1.807) is 14.2 Å². The van der Waals surface area contributed by atoms with Gasteiger partial charge in [0, 0.05) is 17.7 Å². The number of benzene rings is 3. The molecule has 0 atom stereocenters. The van der Waals surface area contributed by atoms with Gasteiger partial charge in [0.05, 0.1) is 33.1 Å². The molecule has 0 radical (unpaired) electrons. The molecule has 7 nitrogen and oxygen atoms in total. The van der Waals surface area contributed by atoms with Gasteiger partial charge in [0.1, 0.15) is 22.9 Å². The lowest BCUT2D eigenvalue weighted by Crippen LogP contribution is -2.25. The van der Waals surface area contributed by atoms with Crippen molar-refractivity contribution < 1.29 is 14.2 Å². The van der Waals surface area contributed by atoms with Crippen LogP contribution in [0.2, 0.25) is 0 Å². The third-order valence-corrected chi connectivity index (χ3v) is 6.50. The first-order valence-corrected chi connectivity index (χ1v) is 12.8. The van der Waals surface area contributed by atoms with Gasteiger partial charge in [-0.05, 0) is 85.7 Å². The van der Waals surface area contributed by atoms with Crippen LogP contribution in [0.1, 0.15) is 25.8 Å². The first-order chi connectivity index (χ1) is 18.1. The average Bonchev–Trinajstić information content (AvgIpc) is 3.37. The van der Waals surface area contributed by atoms with Crippen LogP contribution in [0.15, 0.2) is 72.8 Å². The summed E-state index contributed by atoms with van der Waals surface area (Å²) in [6.07, 6.45) is 1.00. The highest BCUT2D eigenvalue weighted by molar-refractivity contribution is 5.78. The fraction of sp³-hybridized carbons (Fsp3) is 0.333. The Morgan fingerprint density at radius 1 is 0.730 bits per heavy atom. The van der Waals surface area contributed by atoms with Crippen molar-refractivity contribution in [1.29, 1.82) is 0 Å². The number of hydrogen-bond donors (Lipinski definition) is 0. The van der Waals surface area contributed by atoms with Gasteiger partial charge in [0.2, 0.25) is 0 Å². The predicted octanol–water partition coefficient (Wildman–Crippen LogP) is 5.79. The van der Waals surface area contributed by atoms with E-state index in [4.69, 9.17) is 14.2 Å². The summed E-state index contributed by atoms with van der Waals surface area (Å²) in [6.45, 7) is 8.86. The van der Waals surface area contributed by atoms with Crippen molar-refractivity contribution in [3.8, 4) is 39.8 Å². The monoisotopic (exact) mass is 500 g/mol. The average molecular weight is 501 g/mol. The molecule has 0 fully saturated rings. The molecule has 1 heterocycles. The molecule has 0 spiro atoms. The molecule has 37 heavy (non-hydrogen) atoms. The maximum Gasteiger partial charge on any atom is 0.121 e. The van der Waals surface area contributed by atoms with E-state index < -0.39 is 0 Å². The Hall–Kier alpha value is -3.84. The minimum Gasteiger partial charge on any atom is -0.497 e. The number of ether oxygens (including phenoxy) is 3. The van der Waals surface area contributed by atoms with E-state index in [0.717, 1.165) is 71.4 Å². The topological polar surface area (TPSA) is 61.6 Å². The lowest BCUT2D eigenvalue weighted by Gasteiger charge is -2.17. The maximum absolute atomic E-state index is 6.02. The molecule has 0 saturated heterocycles. The molecule has 3 aromatic carbocycles. The van der Waals surface area contributed by atoms with Crippen molar-refractivity contribution in [2.24, 2.45) is 0 Å². The molecule has 0 aliphatic rings. The van der Waals surface area contributed by atoms with Gasteiger partial charge in [0.25, 0.3) is 0 Å². The Kier molecular flexibility index (Phi) is 9.16. The molecular weight excluding hydrogens is 464 g/mol. The molecule has 7 heteroatoms.